The fourth-order valence-electron chi connectivity index (χ4n) is 2.44. The summed E-state index contributed by atoms with van der Waals surface area (Å²) in [5, 5.41) is 10.3. The van der Waals surface area contributed by atoms with E-state index in [1.807, 2.05) is 0 Å². The summed E-state index contributed by atoms with van der Waals surface area (Å²) in [5.74, 6) is -0.865. The summed E-state index contributed by atoms with van der Waals surface area (Å²) in [4.78, 5) is 12.1. The normalized spacial score (nSPS) is 18.6. The van der Waals surface area contributed by atoms with Crippen LogP contribution in [0.25, 0.3) is 0 Å². The molecule has 1 N–H and O–H groups in total. The first-order valence-corrected chi connectivity index (χ1v) is 6.59. The van der Waals surface area contributed by atoms with E-state index in [2.05, 4.69) is 0 Å². The van der Waals surface area contributed by atoms with E-state index in [4.69, 9.17) is 11.6 Å². The molecule has 2 nitrogen and oxygen atoms in total. The third-order valence-corrected chi connectivity index (χ3v) is 3.87. The van der Waals surface area contributed by atoms with Crippen LogP contribution < -0.4 is 0 Å². The molecule has 0 radical (unpaired) electrons. The average Bonchev–Trinajstić information content (AvgIpc) is 2.36. The van der Waals surface area contributed by atoms with Crippen LogP contribution in [-0.4, -0.2) is 16.5 Å². The van der Waals surface area contributed by atoms with Crippen molar-refractivity contribution < 1.29 is 14.3 Å². The molecule has 0 bridgehead atoms. The predicted molar refractivity (Wildman–Crippen MR) is 68.2 cm³/mol. The van der Waals surface area contributed by atoms with E-state index in [1.165, 1.54) is 12.1 Å². The number of rotatable bonds is 3. The molecule has 1 aliphatic rings. The molecule has 1 aromatic rings. The van der Waals surface area contributed by atoms with Gasteiger partial charge in [0.25, 0.3) is 0 Å². The van der Waals surface area contributed by atoms with Crippen LogP contribution in [0.15, 0.2) is 18.2 Å². The minimum absolute atomic E-state index is 0.0101. The number of benzene rings is 1. The van der Waals surface area contributed by atoms with Gasteiger partial charge in [-0.25, -0.2) is 4.39 Å². The van der Waals surface area contributed by atoms with Crippen molar-refractivity contribution in [1.29, 1.82) is 0 Å². The van der Waals surface area contributed by atoms with Gasteiger partial charge in [0.1, 0.15) is 11.4 Å². The topological polar surface area (TPSA) is 37.3 Å². The lowest BCUT2D eigenvalue weighted by molar-refractivity contribution is -0.139. The van der Waals surface area contributed by atoms with Crippen LogP contribution in [0.5, 0.6) is 0 Å². The van der Waals surface area contributed by atoms with Gasteiger partial charge in [0.15, 0.2) is 5.78 Å². The number of aliphatic hydroxyl groups is 1. The largest absolute Gasteiger partial charge is 0.382 e. The van der Waals surface area contributed by atoms with Crippen molar-refractivity contribution in [3.63, 3.8) is 0 Å². The van der Waals surface area contributed by atoms with Gasteiger partial charge < -0.3 is 5.11 Å². The highest BCUT2D eigenvalue weighted by Gasteiger charge is 2.36. The van der Waals surface area contributed by atoms with Crippen molar-refractivity contribution in [3.05, 3.63) is 34.6 Å². The predicted octanol–water partition coefficient (Wildman–Crippen LogP) is 3.29. The lowest BCUT2D eigenvalue weighted by Crippen LogP contribution is -2.41. The number of hydrogen-bond acceptors (Lipinski definition) is 2. The molecule has 0 spiro atoms. The Hall–Kier alpha value is -0.930. The molecule has 0 atom stereocenters. The molecule has 0 heterocycles. The number of Topliss-reactive ketones (excluding diaryl/α,β-unsaturated/α-hetero) is 1. The van der Waals surface area contributed by atoms with Crippen LogP contribution in [0.1, 0.15) is 37.7 Å². The molecular weight excluding hydrogens is 255 g/mol. The first-order chi connectivity index (χ1) is 8.53. The van der Waals surface area contributed by atoms with Gasteiger partial charge in [-0.2, -0.15) is 0 Å². The Balaban J connectivity index is 2.13. The summed E-state index contributed by atoms with van der Waals surface area (Å²) in [6, 6.07) is 4.59. The third kappa shape index (κ3) is 2.73. The van der Waals surface area contributed by atoms with Crippen LogP contribution in [-0.2, 0) is 11.2 Å². The minimum Gasteiger partial charge on any atom is -0.382 e. The first kappa shape index (κ1) is 13.5. The molecule has 1 aliphatic carbocycles. The van der Waals surface area contributed by atoms with Crippen molar-refractivity contribution in [3.8, 4) is 0 Å². The third-order valence-electron chi connectivity index (χ3n) is 3.58. The standard InChI is InChI=1S/C14H16ClFO2/c15-11-6-4-5-10(13(11)16)9-12(17)14(18)7-2-1-3-8-14/h4-6,18H,1-3,7-9H2. The van der Waals surface area contributed by atoms with Crippen molar-refractivity contribution in [1.82, 2.24) is 0 Å². The Morgan fingerprint density at radius 1 is 1.33 bits per heavy atom. The molecule has 1 aromatic carbocycles. The van der Waals surface area contributed by atoms with Crippen LogP contribution in [0.4, 0.5) is 4.39 Å². The van der Waals surface area contributed by atoms with Crippen molar-refractivity contribution in [2.45, 2.75) is 44.1 Å². The van der Waals surface area contributed by atoms with Gasteiger partial charge in [-0.15, -0.1) is 0 Å². The lowest BCUT2D eigenvalue weighted by atomic mass is 9.80. The summed E-state index contributed by atoms with van der Waals surface area (Å²) in [6.07, 6.45) is 3.60. The van der Waals surface area contributed by atoms with Gasteiger partial charge >= 0.3 is 0 Å². The number of carbonyl (C=O) groups excluding carboxylic acids is 1. The quantitative estimate of drug-likeness (QED) is 0.915. The molecule has 98 valence electrons. The zero-order valence-electron chi connectivity index (χ0n) is 10.1. The molecule has 18 heavy (non-hydrogen) atoms. The summed E-state index contributed by atoms with van der Waals surface area (Å²) in [5.41, 5.74) is -1.01. The van der Waals surface area contributed by atoms with Gasteiger partial charge in [0.2, 0.25) is 0 Å². The van der Waals surface area contributed by atoms with Gasteiger partial charge in [0, 0.05) is 6.42 Å². The number of hydrogen-bond donors (Lipinski definition) is 1. The number of carbonyl (C=O) groups is 1. The summed E-state index contributed by atoms with van der Waals surface area (Å²) in [7, 11) is 0. The SMILES string of the molecule is O=C(Cc1cccc(Cl)c1F)C1(O)CCCCC1. The van der Waals surface area contributed by atoms with Gasteiger partial charge in [0.05, 0.1) is 5.02 Å². The second kappa shape index (κ2) is 5.37. The molecule has 0 aliphatic heterocycles. The Morgan fingerprint density at radius 2 is 2.00 bits per heavy atom. The summed E-state index contributed by atoms with van der Waals surface area (Å²) in [6.45, 7) is 0. The number of ketones is 1. The van der Waals surface area contributed by atoms with Gasteiger partial charge in [-0.05, 0) is 24.5 Å². The Kier molecular flexibility index (Phi) is 4.03. The zero-order valence-corrected chi connectivity index (χ0v) is 10.8. The maximum atomic E-state index is 13.7. The second-order valence-corrected chi connectivity index (χ2v) is 5.31. The highest BCUT2D eigenvalue weighted by molar-refractivity contribution is 6.30. The smallest absolute Gasteiger partial charge is 0.168 e. The van der Waals surface area contributed by atoms with Gasteiger partial charge in [-0.1, -0.05) is 43.0 Å². The van der Waals surface area contributed by atoms with E-state index < -0.39 is 11.4 Å². The highest BCUT2D eigenvalue weighted by atomic mass is 35.5. The zero-order chi connectivity index (χ0) is 13.2. The highest BCUT2D eigenvalue weighted by Crippen LogP contribution is 2.30. The molecule has 2 rings (SSSR count). The molecule has 0 aromatic heterocycles. The van der Waals surface area contributed by atoms with E-state index >= 15 is 0 Å². The first-order valence-electron chi connectivity index (χ1n) is 6.21. The Morgan fingerprint density at radius 3 is 2.67 bits per heavy atom. The molecular formula is C14H16ClFO2. The minimum atomic E-state index is -1.27. The van der Waals surface area contributed by atoms with E-state index in [0.29, 0.717) is 12.8 Å². The fraction of sp³-hybridized carbons (Fsp3) is 0.500. The van der Waals surface area contributed by atoms with Crippen LogP contribution in [0.3, 0.4) is 0 Å². The van der Waals surface area contributed by atoms with E-state index in [0.717, 1.165) is 19.3 Å². The summed E-state index contributed by atoms with van der Waals surface area (Å²) < 4.78 is 13.7. The maximum Gasteiger partial charge on any atom is 0.168 e. The second-order valence-electron chi connectivity index (χ2n) is 4.91. The number of halogens is 2. The maximum absolute atomic E-state index is 13.7. The molecule has 0 unspecified atom stereocenters. The molecule has 0 saturated heterocycles. The fourth-order valence-corrected chi connectivity index (χ4v) is 2.63. The molecule has 1 fully saturated rings. The van der Waals surface area contributed by atoms with Crippen molar-refractivity contribution in [2.75, 3.05) is 0 Å². The Bertz CT molecular complexity index is 453. The van der Waals surface area contributed by atoms with Gasteiger partial charge in [-0.3, -0.25) is 4.79 Å². The van der Waals surface area contributed by atoms with Crippen LogP contribution in [0.2, 0.25) is 5.02 Å². The van der Waals surface area contributed by atoms with E-state index in [9.17, 15) is 14.3 Å². The van der Waals surface area contributed by atoms with Crippen LogP contribution in [0, 0.1) is 5.82 Å². The summed E-state index contributed by atoms with van der Waals surface area (Å²) >= 11 is 5.67. The lowest BCUT2D eigenvalue weighted by Gasteiger charge is -2.30. The Labute approximate surface area is 111 Å². The van der Waals surface area contributed by atoms with E-state index in [1.54, 1.807) is 6.07 Å². The molecule has 4 heteroatoms. The molecule has 0 amide bonds. The molecule has 1 saturated carbocycles. The van der Waals surface area contributed by atoms with Crippen LogP contribution >= 0.6 is 11.6 Å². The van der Waals surface area contributed by atoms with E-state index in [-0.39, 0.29) is 22.8 Å². The van der Waals surface area contributed by atoms with Crippen molar-refractivity contribution in [2.24, 2.45) is 0 Å². The van der Waals surface area contributed by atoms with Crippen molar-refractivity contribution >= 4 is 17.4 Å². The monoisotopic (exact) mass is 270 g/mol. The average molecular weight is 271 g/mol.